The molecule has 2 aliphatic rings. The molecule has 6 heteroatoms. The Balaban J connectivity index is 2.59. The van der Waals surface area contributed by atoms with Crippen LogP contribution in [0.2, 0.25) is 0 Å². The highest BCUT2D eigenvalue weighted by Gasteiger charge is 2.45. The summed E-state index contributed by atoms with van der Waals surface area (Å²) in [6, 6.07) is 0. The van der Waals surface area contributed by atoms with Gasteiger partial charge in [0, 0.05) is 36.8 Å². The van der Waals surface area contributed by atoms with Gasteiger partial charge in [0.1, 0.15) is 11.5 Å². The number of carbonyl (C=O) groups excluding carboxylic acids is 2. The van der Waals surface area contributed by atoms with Crippen LogP contribution in [-0.2, 0) is 9.59 Å². The summed E-state index contributed by atoms with van der Waals surface area (Å²) in [5, 5.41) is 40.6. The lowest BCUT2D eigenvalue weighted by molar-refractivity contribution is -0.120. The monoisotopic (exact) mass is 352 g/mol. The fourth-order valence-electron chi connectivity index (χ4n) is 3.94. The van der Waals surface area contributed by atoms with E-state index in [9.17, 15) is 30.0 Å². The maximum Gasteiger partial charge on any atom is 0.163 e. The molecule has 0 unspecified atom stereocenters. The van der Waals surface area contributed by atoms with E-state index in [0.717, 1.165) is 0 Å². The number of hydrogen-bond acceptors (Lipinski definition) is 6. The summed E-state index contributed by atoms with van der Waals surface area (Å²) < 4.78 is 0. The smallest absolute Gasteiger partial charge is 0.163 e. The van der Waals surface area contributed by atoms with E-state index in [2.05, 4.69) is 0 Å². The molecule has 0 bridgehead atoms. The lowest BCUT2D eigenvalue weighted by Crippen LogP contribution is -2.40. The van der Waals surface area contributed by atoms with Gasteiger partial charge < -0.3 is 20.4 Å². The Morgan fingerprint density at radius 3 is 1.48 bits per heavy atom. The summed E-state index contributed by atoms with van der Waals surface area (Å²) in [5.41, 5.74) is -0.964. The molecule has 0 aromatic carbocycles. The highest BCUT2D eigenvalue weighted by Crippen LogP contribution is 2.45. The molecule has 0 fully saturated rings. The van der Waals surface area contributed by atoms with Crippen molar-refractivity contribution in [3.05, 3.63) is 22.7 Å². The van der Waals surface area contributed by atoms with E-state index in [4.69, 9.17) is 0 Å². The molecule has 25 heavy (non-hydrogen) atoms. The Labute approximate surface area is 147 Å². The van der Waals surface area contributed by atoms with E-state index in [1.54, 1.807) is 0 Å². The fourth-order valence-corrected chi connectivity index (χ4v) is 3.94. The van der Waals surface area contributed by atoms with Crippen molar-refractivity contribution in [1.29, 1.82) is 0 Å². The Morgan fingerprint density at radius 1 is 0.840 bits per heavy atom. The van der Waals surface area contributed by atoms with Crippen molar-refractivity contribution in [2.24, 2.45) is 16.7 Å². The van der Waals surface area contributed by atoms with Crippen LogP contribution in [0.25, 0.3) is 0 Å². The average Bonchev–Trinajstić information content (AvgIpc) is 2.40. The first-order valence-electron chi connectivity index (χ1n) is 8.58. The van der Waals surface area contributed by atoms with E-state index in [1.807, 2.05) is 27.7 Å². The average molecular weight is 352 g/mol. The molecule has 0 saturated heterocycles. The predicted molar refractivity (Wildman–Crippen MR) is 91.9 cm³/mol. The molecule has 0 aliphatic heterocycles. The van der Waals surface area contributed by atoms with Crippen LogP contribution < -0.4 is 0 Å². The van der Waals surface area contributed by atoms with Crippen LogP contribution in [0.15, 0.2) is 22.7 Å². The normalized spacial score (nSPS) is 24.9. The Bertz CT molecular complexity index is 601. The van der Waals surface area contributed by atoms with Gasteiger partial charge in [-0.1, -0.05) is 27.7 Å². The minimum atomic E-state index is -1.45. The highest BCUT2D eigenvalue weighted by atomic mass is 16.3. The third kappa shape index (κ3) is 3.96. The van der Waals surface area contributed by atoms with Crippen molar-refractivity contribution in [3.63, 3.8) is 0 Å². The first-order chi connectivity index (χ1) is 11.4. The van der Waals surface area contributed by atoms with Gasteiger partial charge in [0.25, 0.3) is 0 Å². The van der Waals surface area contributed by atoms with Crippen molar-refractivity contribution in [3.8, 4) is 0 Å². The highest BCUT2D eigenvalue weighted by molar-refractivity contribution is 6.04. The molecule has 4 N–H and O–H groups in total. The third-order valence-corrected chi connectivity index (χ3v) is 4.99. The van der Waals surface area contributed by atoms with Gasteiger partial charge in [0.2, 0.25) is 0 Å². The van der Waals surface area contributed by atoms with E-state index >= 15 is 0 Å². The molecule has 1 atom stereocenters. The summed E-state index contributed by atoms with van der Waals surface area (Å²) in [7, 11) is 0. The van der Waals surface area contributed by atoms with Crippen molar-refractivity contribution in [2.45, 2.75) is 59.5 Å². The second kappa shape index (κ2) is 6.57. The number of rotatable bonds is 4. The standard InChI is InChI=1S/C19H28O6/c1-18(2)5-10(21)15(11(22)6-18)17(14(25)9-20)16-12(23)7-19(3,4)8-13(16)24/h14,17,20-21,23,25H,5-9H2,1-4H3/t14-/m1/s1. The predicted octanol–water partition coefficient (Wildman–Crippen LogP) is 2.36. The summed E-state index contributed by atoms with van der Waals surface area (Å²) in [6.45, 7) is 6.70. The van der Waals surface area contributed by atoms with Crippen LogP contribution >= 0.6 is 0 Å². The van der Waals surface area contributed by atoms with Crippen molar-refractivity contribution in [1.82, 2.24) is 0 Å². The van der Waals surface area contributed by atoms with E-state index in [1.165, 1.54) is 0 Å². The number of aliphatic hydroxyl groups is 4. The van der Waals surface area contributed by atoms with Crippen LogP contribution in [0.3, 0.4) is 0 Å². The van der Waals surface area contributed by atoms with Gasteiger partial charge in [-0.3, -0.25) is 9.59 Å². The maximum absolute atomic E-state index is 12.6. The molecule has 0 aromatic rings. The molecular formula is C19H28O6. The minimum absolute atomic E-state index is 0.0597. The van der Waals surface area contributed by atoms with Crippen LogP contribution in [0.4, 0.5) is 0 Å². The SMILES string of the molecule is CC1(C)CC(=O)C(C(C2=C(O)CC(C)(C)CC2=O)[C@H](O)CO)=C(O)C1. The second-order valence-corrected chi connectivity index (χ2v) is 8.83. The molecule has 0 radical (unpaired) electrons. The number of hydrogen-bond donors (Lipinski definition) is 4. The molecule has 0 saturated carbocycles. The first kappa shape index (κ1) is 19.7. The van der Waals surface area contributed by atoms with Gasteiger partial charge in [-0.05, 0) is 10.8 Å². The minimum Gasteiger partial charge on any atom is -0.512 e. The van der Waals surface area contributed by atoms with Gasteiger partial charge in [-0.2, -0.15) is 0 Å². The molecule has 6 nitrogen and oxygen atoms in total. The first-order valence-corrected chi connectivity index (χ1v) is 8.58. The summed E-state index contributed by atoms with van der Waals surface area (Å²) in [4.78, 5) is 25.3. The number of carbonyl (C=O) groups is 2. The number of aliphatic hydroxyl groups excluding tert-OH is 4. The molecular weight excluding hydrogens is 324 g/mol. The zero-order valence-electron chi connectivity index (χ0n) is 15.3. The number of Topliss-reactive ketones (excluding diaryl/α,β-unsaturated/α-hetero) is 2. The zero-order valence-corrected chi connectivity index (χ0v) is 15.3. The molecule has 0 aromatic heterocycles. The lowest BCUT2D eigenvalue weighted by atomic mass is 9.67. The Hall–Kier alpha value is -1.66. The second-order valence-electron chi connectivity index (χ2n) is 8.83. The van der Waals surface area contributed by atoms with Gasteiger partial charge in [0.15, 0.2) is 11.6 Å². The van der Waals surface area contributed by atoms with Gasteiger partial charge >= 0.3 is 0 Å². The zero-order chi connectivity index (χ0) is 19.2. The molecule has 0 heterocycles. The molecule has 0 amide bonds. The topological polar surface area (TPSA) is 115 Å². The van der Waals surface area contributed by atoms with Crippen LogP contribution in [-0.4, -0.2) is 44.7 Å². The van der Waals surface area contributed by atoms with E-state index < -0.39 is 29.5 Å². The van der Waals surface area contributed by atoms with Crippen molar-refractivity contribution >= 4 is 11.6 Å². The molecule has 2 aliphatic carbocycles. The van der Waals surface area contributed by atoms with Gasteiger partial charge in [-0.15, -0.1) is 0 Å². The van der Waals surface area contributed by atoms with Crippen LogP contribution in [0, 0.1) is 16.7 Å². The Morgan fingerprint density at radius 2 is 1.20 bits per heavy atom. The summed E-state index contributed by atoms with van der Waals surface area (Å²) >= 11 is 0. The number of ketones is 2. The molecule has 140 valence electrons. The van der Waals surface area contributed by atoms with E-state index in [0.29, 0.717) is 0 Å². The summed E-state index contributed by atoms with van der Waals surface area (Å²) in [6.07, 6.45) is -0.666. The Kier molecular flexibility index (Phi) is 5.17. The third-order valence-electron chi connectivity index (χ3n) is 4.99. The largest absolute Gasteiger partial charge is 0.512 e. The maximum atomic E-state index is 12.6. The van der Waals surface area contributed by atoms with Crippen molar-refractivity contribution < 1.29 is 30.0 Å². The van der Waals surface area contributed by atoms with Gasteiger partial charge in [0.05, 0.1) is 18.6 Å². The van der Waals surface area contributed by atoms with Crippen LogP contribution in [0.5, 0.6) is 0 Å². The van der Waals surface area contributed by atoms with Crippen molar-refractivity contribution in [2.75, 3.05) is 6.61 Å². The number of allylic oxidation sites excluding steroid dienone is 2. The lowest BCUT2D eigenvalue weighted by Gasteiger charge is -2.37. The molecule has 0 spiro atoms. The molecule has 2 rings (SSSR count). The summed E-state index contributed by atoms with van der Waals surface area (Å²) in [5.74, 6) is -2.32. The van der Waals surface area contributed by atoms with Crippen LogP contribution in [0.1, 0.15) is 53.4 Å². The van der Waals surface area contributed by atoms with E-state index in [-0.39, 0.29) is 59.9 Å². The quantitative estimate of drug-likeness (QED) is 0.617. The van der Waals surface area contributed by atoms with Gasteiger partial charge in [-0.25, -0.2) is 0 Å². The fraction of sp³-hybridized carbons (Fsp3) is 0.684.